The first kappa shape index (κ1) is 14.0. The smallest absolute Gasteiger partial charge is 0.203 e. The first-order valence-electron chi connectivity index (χ1n) is 5.65. The highest BCUT2D eigenvalue weighted by Gasteiger charge is 2.04. The highest BCUT2D eigenvalue weighted by atomic mass is 79.9. The molecular weight excluding hydrogens is 326 g/mol. The minimum Gasteiger partial charge on any atom is -0.496 e. The van der Waals surface area contributed by atoms with Crippen molar-refractivity contribution in [2.75, 3.05) is 12.5 Å². The van der Waals surface area contributed by atoms with Gasteiger partial charge in [-0.05, 0) is 31.5 Å². The van der Waals surface area contributed by atoms with Crippen molar-refractivity contribution in [2.45, 2.75) is 13.8 Å². The van der Waals surface area contributed by atoms with Crippen molar-refractivity contribution in [2.24, 2.45) is 5.10 Å². The maximum Gasteiger partial charge on any atom is 0.203 e. The van der Waals surface area contributed by atoms with Crippen LogP contribution < -0.4 is 10.2 Å². The number of hydrazone groups is 1. The molecule has 1 aromatic carbocycles. The minimum atomic E-state index is 0.777. The Morgan fingerprint density at radius 3 is 2.84 bits per heavy atom. The molecule has 1 heterocycles. The van der Waals surface area contributed by atoms with Gasteiger partial charge in [-0.2, -0.15) is 5.10 Å². The van der Waals surface area contributed by atoms with Gasteiger partial charge in [0.15, 0.2) is 0 Å². The van der Waals surface area contributed by atoms with Crippen LogP contribution in [0.4, 0.5) is 5.13 Å². The van der Waals surface area contributed by atoms with Gasteiger partial charge >= 0.3 is 0 Å². The number of hydrogen-bond acceptors (Lipinski definition) is 5. The quantitative estimate of drug-likeness (QED) is 0.677. The lowest BCUT2D eigenvalue weighted by atomic mass is 10.1. The SMILES string of the molecule is COc1cc(C)c(Br)cc1C=NNc1nc(C)cs1. The molecule has 19 heavy (non-hydrogen) atoms. The second-order valence-corrected chi connectivity index (χ2v) is 5.72. The Kier molecular flexibility index (Phi) is 4.55. The molecule has 0 fully saturated rings. The molecule has 0 radical (unpaired) electrons. The van der Waals surface area contributed by atoms with Crippen molar-refractivity contribution in [3.05, 3.63) is 38.8 Å². The molecule has 4 nitrogen and oxygen atoms in total. The van der Waals surface area contributed by atoms with Crippen molar-refractivity contribution < 1.29 is 4.74 Å². The molecule has 0 amide bonds. The van der Waals surface area contributed by atoms with E-state index in [0.717, 1.165) is 32.2 Å². The summed E-state index contributed by atoms with van der Waals surface area (Å²) in [5.41, 5.74) is 5.92. The third-order valence-electron chi connectivity index (χ3n) is 2.49. The van der Waals surface area contributed by atoms with Gasteiger partial charge in [-0.25, -0.2) is 4.98 Å². The molecule has 0 unspecified atom stereocenters. The van der Waals surface area contributed by atoms with Crippen molar-refractivity contribution in [3.63, 3.8) is 0 Å². The highest BCUT2D eigenvalue weighted by Crippen LogP contribution is 2.25. The van der Waals surface area contributed by atoms with Gasteiger partial charge in [0, 0.05) is 15.4 Å². The molecule has 0 saturated carbocycles. The Labute approximate surface area is 124 Å². The summed E-state index contributed by atoms with van der Waals surface area (Å²) in [6.45, 7) is 3.97. The second-order valence-electron chi connectivity index (χ2n) is 4.01. The third-order valence-corrected chi connectivity index (χ3v) is 4.21. The summed E-state index contributed by atoms with van der Waals surface area (Å²) in [6.07, 6.45) is 1.72. The summed E-state index contributed by atoms with van der Waals surface area (Å²) >= 11 is 5.03. The van der Waals surface area contributed by atoms with E-state index in [1.54, 1.807) is 13.3 Å². The van der Waals surface area contributed by atoms with E-state index in [4.69, 9.17) is 4.74 Å². The van der Waals surface area contributed by atoms with Crippen molar-refractivity contribution in [1.82, 2.24) is 4.98 Å². The first-order valence-corrected chi connectivity index (χ1v) is 7.32. The van der Waals surface area contributed by atoms with E-state index in [1.165, 1.54) is 11.3 Å². The average molecular weight is 340 g/mol. The Hall–Kier alpha value is -1.40. The number of benzene rings is 1. The van der Waals surface area contributed by atoms with Gasteiger partial charge < -0.3 is 4.74 Å². The van der Waals surface area contributed by atoms with Gasteiger partial charge in [0.05, 0.1) is 19.0 Å². The van der Waals surface area contributed by atoms with Gasteiger partial charge in [0.2, 0.25) is 5.13 Å². The number of thiazole rings is 1. The average Bonchev–Trinajstić information content (AvgIpc) is 2.79. The van der Waals surface area contributed by atoms with Crippen LogP contribution in [0.25, 0.3) is 0 Å². The number of hydrogen-bond donors (Lipinski definition) is 1. The maximum absolute atomic E-state index is 5.34. The lowest BCUT2D eigenvalue weighted by Gasteiger charge is -2.07. The van der Waals surface area contributed by atoms with Crippen molar-refractivity contribution in [1.29, 1.82) is 0 Å². The summed E-state index contributed by atoms with van der Waals surface area (Å²) in [5, 5.41) is 6.93. The zero-order chi connectivity index (χ0) is 13.8. The monoisotopic (exact) mass is 339 g/mol. The van der Waals surface area contributed by atoms with Gasteiger partial charge in [0.1, 0.15) is 5.75 Å². The summed E-state index contributed by atoms with van der Waals surface area (Å²) < 4.78 is 6.36. The van der Waals surface area contributed by atoms with E-state index in [9.17, 15) is 0 Å². The largest absolute Gasteiger partial charge is 0.496 e. The number of methoxy groups -OCH3 is 1. The number of rotatable bonds is 4. The number of nitrogens with zero attached hydrogens (tertiary/aromatic N) is 2. The zero-order valence-corrected chi connectivity index (χ0v) is 13.3. The zero-order valence-electron chi connectivity index (χ0n) is 10.9. The Morgan fingerprint density at radius 1 is 1.42 bits per heavy atom. The molecule has 1 aromatic heterocycles. The van der Waals surface area contributed by atoms with Crippen LogP contribution in [0.1, 0.15) is 16.8 Å². The maximum atomic E-state index is 5.34. The van der Waals surface area contributed by atoms with E-state index >= 15 is 0 Å². The fourth-order valence-corrected chi connectivity index (χ4v) is 2.51. The molecule has 2 aromatic rings. The predicted molar refractivity (Wildman–Crippen MR) is 83.5 cm³/mol. The summed E-state index contributed by atoms with van der Waals surface area (Å²) in [6, 6.07) is 3.95. The fraction of sp³-hybridized carbons (Fsp3) is 0.231. The molecule has 0 aliphatic carbocycles. The normalized spacial score (nSPS) is 10.9. The van der Waals surface area contributed by atoms with Crippen LogP contribution >= 0.6 is 27.3 Å². The molecule has 0 spiro atoms. The number of aromatic nitrogens is 1. The Bertz CT molecular complexity index is 610. The Morgan fingerprint density at radius 2 is 2.21 bits per heavy atom. The van der Waals surface area contributed by atoms with E-state index in [-0.39, 0.29) is 0 Å². The molecule has 6 heteroatoms. The van der Waals surface area contributed by atoms with Gasteiger partial charge in [-0.3, -0.25) is 5.43 Å². The van der Waals surface area contributed by atoms with Gasteiger partial charge in [0.25, 0.3) is 0 Å². The Balaban J connectivity index is 2.16. The number of ether oxygens (including phenoxy) is 1. The first-order chi connectivity index (χ1) is 9.10. The van der Waals surface area contributed by atoms with E-state index < -0.39 is 0 Å². The van der Waals surface area contributed by atoms with Crippen LogP contribution in [0.15, 0.2) is 27.1 Å². The number of anilines is 1. The minimum absolute atomic E-state index is 0.777. The molecule has 0 saturated heterocycles. The lowest BCUT2D eigenvalue weighted by Crippen LogP contribution is -1.95. The molecule has 0 aliphatic heterocycles. The molecule has 0 atom stereocenters. The molecule has 1 N–H and O–H groups in total. The number of nitrogens with one attached hydrogen (secondary N) is 1. The second kappa shape index (κ2) is 6.16. The van der Waals surface area contributed by atoms with E-state index in [2.05, 4.69) is 31.4 Å². The summed E-state index contributed by atoms with van der Waals surface area (Å²) in [4.78, 5) is 4.27. The third kappa shape index (κ3) is 3.54. The van der Waals surface area contributed by atoms with Crippen molar-refractivity contribution in [3.8, 4) is 5.75 Å². The number of halogens is 1. The van der Waals surface area contributed by atoms with Gasteiger partial charge in [-0.15, -0.1) is 11.3 Å². The van der Waals surface area contributed by atoms with Crippen LogP contribution in [0, 0.1) is 13.8 Å². The van der Waals surface area contributed by atoms with Crippen LogP contribution in [-0.4, -0.2) is 18.3 Å². The molecular formula is C13H14BrN3OS. The topological polar surface area (TPSA) is 46.5 Å². The van der Waals surface area contributed by atoms with Crippen LogP contribution in [0.3, 0.4) is 0 Å². The molecule has 2 rings (SSSR count). The van der Waals surface area contributed by atoms with E-state index in [1.807, 2.05) is 31.4 Å². The van der Waals surface area contributed by atoms with Crippen LogP contribution in [0.2, 0.25) is 0 Å². The number of aryl methyl sites for hydroxylation is 2. The molecule has 0 aliphatic rings. The molecule has 0 bridgehead atoms. The highest BCUT2D eigenvalue weighted by molar-refractivity contribution is 9.10. The standard InChI is InChI=1S/C13H14BrN3OS/c1-8-4-12(18-3)10(5-11(8)14)6-15-17-13-16-9(2)7-19-13/h4-7H,1-3H3,(H,16,17). The van der Waals surface area contributed by atoms with Crippen molar-refractivity contribution >= 4 is 38.6 Å². The predicted octanol–water partition coefficient (Wildman–Crippen LogP) is 3.98. The fourth-order valence-electron chi connectivity index (χ4n) is 1.51. The van der Waals surface area contributed by atoms with Crippen LogP contribution in [0.5, 0.6) is 5.75 Å². The summed E-state index contributed by atoms with van der Waals surface area (Å²) in [7, 11) is 1.65. The lowest BCUT2D eigenvalue weighted by molar-refractivity contribution is 0.413. The van der Waals surface area contributed by atoms with Crippen LogP contribution in [-0.2, 0) is 0 Å². The molecule has 100 valence electrons. The van der Waals surface area contributed by atoms with Gasteiger partial charge in [-0.1, -0.05) is 15.9 Å². The van der Waals surface area contributed by atoms with E-state index in [0.29, 0.717) is 0 Å². The summed E-state index contributed by atoms with van der Waals surface area (Å²) in [5.74, 6) is 0.793.